The SMILES string of the molecule is C/C=C/[C@@H](O[Si](C)(C)C(C)(C)C)[C@@](C)(CCCC)OC.CCC[C@@](C)(OC)[C@@H](/C=C/[C@H]1[C@H](C)CC(=O)[C@@H]1CCCCCCC(=O)OC)O[Si](C)(C)C(C)(C)C.CCC[C@@](C)(OC)[C@H](O)/C=C/[C@H]1[C@H](O)CC(=O)[C@@H]1CCCCCCC(=O)OC.COC(=O)CCCCCCC1=C[C@H](C)CC1=O. The molecule has 0 radical (unpaired) electrons. The van der Waals surface area contributed by atoms with E-state index in [-0.39, 0.29) is 81.7 Å². The Balaban J connectivity index is 0.00000136. The van der Waals surface area contributed by atoms with Crippen molar-refractivity contribution in [3.05, 3.63) is 48.1 Å². The number of carbonyl (C=O) groups excluding carboxylic acids is 6. The number of esters is 3. The van der Waals surface area contributed by atoms with Crippen LogP contribution >= 0.6 is 0 Å². The number of ether oxygens (including phenoxy) is 6. The second kappa shape index (κ2) is 48.6. The lowest BCUT2D eigenvalue weighted by atomic mass is 9.84. The molecule has 3 aliphatic rings. The van der Waals surface area contributed by atoms with Crippen LogP contribution in [0.5, 0.6) is 0 Å². The number of carbonyl (C=O) groups is 6. The predicted octanol–water partition coefficient (Wildman–Crippen LogP) is 19.3. The number of Topliss-reactive ketones (excluding diaryl/α,β-unsaturated/α-hetero) is 3. The highest BCUT2D eigenvalue weighted by Gasteiger charge is 2.46. The number of hydrogen-bond donors (Lipinski definition) is 2. The molecule has 16 nitrogen and oxygen atoms in total. The molecule has 0 aromatic heterocycles. The van der Waals surface area contributed by atoms with E-state index in [0.29, 0.717) is 55.5 Å². The summed E-state index contributed by atoms with van der Waals surface area (Å²) in [6.07, 6.45) is 36.6. The van der Waals surface area contributed by atoms with E-state index in [9.17, 15) is 39.0 Å². The Labute approximate surface area is 612 Å². The largest absolute Gasteiger partial charge is 0.469 e. The third kappa shape index (κ3) is 34.6. The first-order valence-electron chi connectivity index (χ1n) is 38.5. The molecule has 0 aromatic carbocycles. The van der Waals surface area contributed by atoms with Gasteiger partial charge in [-0.25, -0.2) is 0 Å². The van der Waals surface area contributed by atoms with E-state index < -0.39 is 40.0 Å². The van der Waals surface area contributed by atoms with Crippen molar-refractivity contribution >= 4 is 51.9 Å². The van der Waals surface area contributed by atoms with Gasteiger partial charge in [-0.15, -0.1) is 0 Å². The average molecular weight is 1450 g/mol. The monoisotopic (exact) mass is 1450 g/mol. The molecule has 3 aliphatic carbocycles. The standard InChI is InChI=1S/C29H54O5Si.C22H38O6.C17H36O2Si.C14H22O3/c1-11-20-29(6,33-8)26(34-35(9,10)28(3,4)5)19-18-23-22(2)21-25(30)24(23)16-14-12-13-15-17-27(31)32-7;1-5-14-22(2,28-4)20(25)13-12-17-16(18(23)15-19(17)24)10-8-6-7-9-11-21(26)27-3;1-10-12-14-17(6,18-7)15(13-11-2)19-20(8,9)16(3,4)5;1-11-9-12(13(15)10-11)7-5-3-4-6-8-14(16)17-2/h18-19,22-24,26H,11-17,20-21H2,1-10H3;12-13,16-17,19-20,24-25H,5-11,14-15H2,1-4H3;11,13,15H,10,12,14H2,1-9H3;9,11H,3-8,10H2,1-2H3/b19-18+;13-12+;13-11+;/t22-,23+,24-,26-,29-;16-,17-,19-,20-,22-;15-,17-;11-/m1110/s1. The number of aliphatic hydroxyl groups is 2. The average Bonchev–Trinajstić information content (AvgIpc) is 1.21. The molecular weight excluding hydrogens is 1300 g/mol. The molecule has 0 saturated heterocycles. The van der Waals surface area contributed by atoms with Gasteiger partial charge in [-0.05, 0) is 151 Å². The van der Waals surface area contributed by atoms with Gasteiger partial charge in [0.1, 0.15) is 17.7 Å². The molecule has 3 rings (SSSR count). The molecule has 0 spiro atoms. The molecule has 13 atom stereocenters. The summed E-state index contributed by atoms with van der Waals surface area (Å²) >= 11 is 0. The van der Waals surface area contributed by atoms with Crippen LogP contribution in [0, 0.1) is 35.5 Å². The molecule has 0 heterocycles. The zero-order valence-corrected chi connectivity index (χ0v) is 70.2. The van der Waals surface area contributed by atoms with Crippen LogP contribution in [-0.4, -0.2) is 146 Å². The molecule has 2 saturated carbocycles. The number of methoxy groups -OCH3 is 6. The van der Waals surface area contributed by atoms with Gasteiger partial charge in [0.15, 0.2) is 22.4 Å². The van der Waals surface area contributed by atoms with Gasteiger partial charge < -0.3 is 47.5 Å². The van der Waals surface area contributed by atoms with E-state index in [2.05, 4.69) is 156 Å². The minimum absolute atomic E-state index is 0.0324. The summed E-state index contributed by atoms with van der Waals surface area (Å²) in [5, 5.41) is 21.1. The minimum Gasteiger partial charge on any atom is -0.469 e. The Hall–Kier alpha value is -3.47. The minimum atomic E-state index is -2.02. The summed E-state index contributed by atoms with van der Waals surface area (Å²) in [7, 11) is 5.60. The summed E-state index contributed by atoms with van der Waals surface area (Å²) in [6, 6.07) is 0. The van der Waals surface area contributed by atoms with Crippen LogP contribution in [0.3, 0.4) is 0 Å². The zero-order valence-electron chi connectivity index (χ0n) is 68.2. The zero-order chi connectivity index (χ0) is 76.7. The lowest BCUT2D eigenvalue weighted by molar-refractivity contribution is -0.141. The molecule has 0 aromatic rings. The predicted molar refractivity (Wildman–Crippen MR) is 413 cm³/mol. The van der Waals surface area contributed by atoms with E-state index in [1.165, 1.54) is 34.2 Å². The number of ketones is 3. The van der Waals surface area contributed by atoms with Crippen LogP contribution in [0.2, 0.25) is 36.3 Å². The number of aliphatic hydroxyl groups excluding tert-OH is 2. The van der Waals surface area contributed by atoms with E-state index >= 15 is 0 Å². The molecule has 0 amide bonds. The highest BCUT2D eigenvalue weighted by Crippen LogP contribution is 2.44. The molecule has 18 heteroatoms. The van der Waals surface area contributed by atoms with Crippen molar-refractivity contribution in [2.24, 2.45) is 35.5 Å². The number of unbranched alkanes of at least 4 members (excludes halogenated alkanes) is 10. The van der Waals surface area contributed by atoms with E-state index in [1.807, 2.05) is 13.8 Å². The van der Waals surface area contributed by atoms with Gasteiger partial charge >= 0.3 is 17.9 Å². The lowest BCUT2D eigenvalue weighted by Crippen LogP contribution is -2.51. The molecular formula is C82H150O16Si2. The van der Waals surface area contributed by atoms with Crippen LogP contribution in [0.25, 0.3) is 0 Å². The molecule has 2 fully saturated rings. The van der Waals surface area contributed by atoms with Crippen molar-refractivity contribution in [3.8, 4) is 0 Å². The summed E-state index contributed by atoms with van der Waals surface area (Å²) < 4.78 is 44.9. The highest BCUT2D eigenvalue weighted by molar-refractivity contribution is 6.74. The normalized spacial score (nSPS) is 22.6. The highest BCUT2D eigenvalue weighted by atomic mass is 28.4. The topological polar surface area (TPSA) is 217 Å². The molecule has 582 valence electrons. The summed E-state index contributed by atoms with van der Waals surface area (Å²) in [5.41, 5.74) is -0.293. The van der Waals surface area contributed by atoms with Gasteiger partial charge in [0, 0.05) is 77.6 Å². The Morgan fingerprint density at radius 2 is 0.920 bits per heavy atom. The quantitative estimate of drug-likeness (QED) is 0.0191. The maximum atomic E-state index is 12.9. The Morgan fingerprint density at radius 3 is 1.32 bits per heavy atom. The third-order valence-electron chi connectivity index (χ3n) is 22.3. The van der Waals surface area contributed by atoms with Crippen LogP contribution < -0.4 is 0 Å². The van der Waals surface area contributed by atoms with Gasteiger partial charge in [-0.2, -0.15) is 0 Å². The van der Waals surface area contributed by atoms with E-state index in [4.69, 9.17) is 27.8 Å². The Kier molecular flexibility index (Phi) is 46.9. The van der Waals surface area contributed by atoms with Crippen LogP contribution in [0.15, 0.2) is 48.1 Å². The van der Waals surface area contributed by atoms with E-state index in [0.717, 1.165) is 134 Å². The summed E-state index contributed by atoms with van der Waals surface area (Å²) in [6.45, 7) is 41.8. The molecule has 2 N–H and O–H groups in total. The van der Waals surface area contributed by atoms with Crippen LogP contribution in [0.1, 0.15) is 284 Å². The van der Waals surface area contributed by atoms with Gasteiger partial charge in [0.2, 0.25) is 0 Å². The van der Waals surface area contributed by atoms with Crippen molar-refractivity contribution in [1.29, 1.82) is 0 Å². The van der Waals surface area contributed by atoms with Gasteiger partial charge in [-0.3, -0.25) is 28.8 Å². The van der Waals surface area contributed by atoms with Crippen molar-refractivity contribution < 1.29 is 76.3 Å². The van der Waals surface area contributed by atoms with Crippen LogP contribution in [-0.2, 0) is 66.0 Å². The Bertz CT molecular complexity index is 2470. The molecule has 0 aliphatic heterocycles. The second-order valence-corrected chi connectivity index (χ2v) is 42.1. The first kappa shape index (κ1) is 96.5. The molecule has 0 unspecified atom stereocenters. The third-order valence-corrected chi connectivity index (χ3v) is 31.2. The van der Waals surface area contributed by atoms with Crippen molar-refractivity contribution in [2.75, 3.05) is 42.7 Å². The first-order valence-corrected chi connectivity index (χ1v) is 44.4. The summed E-state index contributed by atoms with van der Waals surface area (Å²) in [5.74, 6) is 0.966. The van der Waals surface area contributed by atoms with Crippen molar-refractivity contribution in [2.45, 2.75) is 361 Å². The number of rotatable bonds is 43. The maximum Gasteiger partial charge on any atom is 0.305 e. The fourth-order valence-electron chi connectivity index (χ4n) is 13.0. The van der Waals surface area contributed by atoms with E-state index in [1.54, 1.807) is 33.5 Å². The first-order chi connectivity index (χ1) is 46.7. The van der Waals surface area contributed by atoms with Crippen molar-refractivity contribution in [1.82, 2.24) is 0 Å². The fraction of sp³-hybridized carbons (Fsp3) is 0.829. The fourth-order valence-corrected chi connectivity index (χ4v) is 15.7. The van der Waals surface area contributed by atoms with Gasteiger partial charge in [0.05, 0.1) is 56.4 Å². The summed E-state index contributed by atoms with van der Waals surface area (Å²) in [4.78, 5) is 69.9. The smallest absolute Gasteiger partial charge is 0.305 e. The Morgan fingerprint density at radius 1 is 0.520 bits per heavy atom. The van der Waals surface area contributed by atoms with Crippen molar-refractivity contribution in [3.63, 3.8) is 0 Å². The maximum absolute atomic E-state index is 12.9. The van der Waals surface area contributed by atoms with Gasteiger partial charge in [0.25, 0.3) is 0 Å². The number of hydrogen-bond acceptors (Lipinski definition) is 16. The second-order valence-electron chi connectivity index (χ2n) is 32.6. The molecule has 100 heavy (non-hydrogen) atoms. The van der Waals surface area contributed by atoms with Crippen LogP contribution in [0.4, 0.5) is 0 Å². The number of allylic oxidation sites excluding steroid dienone is 4. The van der Waals surface area contributed by atoms with Gasteiger partial charge in [-0.1, -0.05) is 196 Å². The lowest BCUT2D eigenvalue weighted by Gasteiger charge is -2.44. The molecule has 0 bridgehead atoms.